The molecule has 0 radical (unpaired) electrons. The fourth-order valence-corrected chi connectivity index (χ4v) is 3.06. The van der Waals surface area contributed by atoms with E-state index in [4.69, 9.17) is 4.74 Å². The van der Waals surface area contributed by atoms with E-state index in [0.717, 1.165) is 11.1 Å². The van der Waals surface area contributed by atoms with Gasteiger partial charge in [-0.3, -0.25) is 4.79 Å². The normalized spacial score (nSPS) is 12.9. The summed E-state index contributed by atoms with van der Waals surface area (Å²) in [6, 6.07) is 30.1. The SMILES string of the molecule is C[C@@H](N[C@H](CC(=O)OCc1ccccc1)c1ccccc1)c1ccccc1. The Labute approximate surface area is 161 Å². The summed E-state index contributed by atoms with van der Waals surface area (Å²) in [5.41, 5.74) is 3.26. The Morgan fingerprint density at radius 3 is 1.93 bits per heavy atom. The molecule has 3 rings (SSSR count). The van der Waals surface area contributed by atoms with Gasteiger partial charge in [0.05, 0.1) is 6.42 Å². The molecule has 2 atom stereocenters. The van der Waals surface area contributed by atoms with Crippen molar-refractivity contribution in [3.8, 4) is 0 Å². The highest BCUT2D eigenvalue weighted by atomic mass is 16.5. The van der Waals surface area contributed by atoms with Gasteiger partial charge in [-0.15, -0.1) is 0 Å². The van der Waals surface area contributed by atoms with Gasteiger partial charge in [0.15, 0.2) is 0 Å². The van der Waals surface area contributed by atoms with Gasteiger partial charge in [-0.2, -0.15) is 0 Å². The number of ether oxygens (including phenoxy) is 1. The first-order valence-corrected chi connectivity index (χ1v) is 9.28. The zero-order valence-electron chi connectivity index (χ0n) is 15.5. The zero-order valence-corrected chi connectivity index (χ0v) is 15.5. The molecule has 0 aliphatic rings. The minimum atomic E-state index is -0.208. The van der Waals surface area contributed by atoms with Gasteiger partial charge in [0.1, 0.15) is 6.61 Å². The van der Waals surface area contributed by atoms with Crippen molar-refractivity contribution in [2.75, 3.05) is 0 Å². The fourth-order valence-electron chi connectivity index (χ4n) is 3.06. The molecule has 138 valence electrons. The lowest BCUT2D eigenvalue weighted by atomic mass is 10.0. The Kier molecular flexibility index (Phi) is 6.78. The lowest BCUT2D eigenvalue weighted by molar-refractivity contribution is -0.145. The van der Waals surface area contributed by atoms with Crippen molar-refractivity contribution in [1.29, 1.82) is 0 Å². The third-order valence-electron chi connectivity index (χ3n) is 4.57. The minimum absolute atomic E-state index is 0.107. The lowest BCUT2D eigenvalue weighted by Gasteiger charge is -2.23. The molecule has 27 heavy (non-hydrogen) atoms. The molecular formula is C24H25NO2. The monoisotopic (exact) mass is 359 g/mol. The molecule has 3 heteroatoms. The van der Waals surface area contributed by atoms with Gasteiger partial charge < -0.3 is 10.1 Å². The van der Waals surface area contributed by atoms with E-state index in [0.29, 0.717) is 6.61 Å². The molecule has 3 aromatic carbocycles. The maximum Gasteiger partial charge on any atom is 0.308 e. The van der Waals surface area contributed by atoms with Crippen molar-refractivity contribution >= 4 is 5.97 Å². The molecule has 3 aromatic rings. The Hall–Kier alpha value is -2.91. The molecule has 0 heterocycles. The topological polar surface area (TPSA) is 38.3 Å². The van der Waals surface area contributed by atoms with Crippen molar-refractivity contribution in [2.24, 2.45) is 0 Å². The Bertz CT molecular complexity index is 819. The van der Waals surface area contributed by atoms with Crippen molar-refractivity contribution in [2.45, 2.75) is 32.0 Å². The average molecular weight is 359 g/mol. The van der Waals surface area contributed by atoms with Crippen molar-refractivity contribution in [3.63, 3.8) is 0 Å². The summed E-state index contributed by atoms with van der Waals surface area (Å²) < 4.78 is 5.49. The number of carbonyl (C=O) groups excluding carboxylic acids is 1. The van der Waals surface area contributed by atoms with E-state index in [-0.39, 0.29) is 24.5 Å². The number of hydrogen-bond donors (Lipinski definition) is 1. The Morgan fingerprint density at radius 1 is 0.815 bits per heavy atom. The van der Waals surface area contributed by atoms with Crippen LogP contribution in [0.25, 0.3) is 0 Å². The molecular weight excluding hydrogens is 334 g/mol. The van der Waals surface area contributed by atoms with Crippen LogP contribution in [0, 0.1) is 0 Å². The molecule has 0 saturated carbocycles. The number of carbonyl (C=O) groups is 1. The van der Waals surface area contributed by atoms with E-state index < -0.39 is 0 Å². The fraction of sp³-hybridized carbons (Fsp3) is 0.208. The molecule has 3 nitrogen and oxygen atoms in total. The second-order valence-corrected chi connectivity index (χ2v) is 6.61. The molecule has 0 aliphatic carbocycles. The first-order chi connectivity index (χ1) is 13.2. The van der Waals surface area contributed by atoms with Gasteiger partial charge in [0.2, 0.25) is 0 Å². The Morgan fingerprint density at radius 2 is 1.33 bits per heavy atom. The van der Waals surface area contributed by atoms with Crippen molar-refractivity contribution < 1.29 is 9.53 Å². The number of nitrogens with one attached hydrogen (secondary N) is 1. The zero-order chi connectivity index (χ0) is 18.9. The first kappa shape index (κ1) is 18.9. The summed E-state index contributed by atoms with van der Waals surface area (Å²) in [4.78, 5) is 12.5. The summed E-state index contributed by atoms with van der Waals surface area (Å²) in [5.74, 6) is -0.208. The van der Waals surface area contributed by atoms with Gasteiger partial charge in [-0.25, -0.2) is 0 Å². The van der Waals surface area contributed by atoms with Crippen LogP contribution in [0.4, 0.5) is 0 Å². The van der Waals surface area contributed by atoms with Crippen LogP contribution < -0.4 is 5.32 Å². The summed E-state index contributed by atoms with van der Waals surface area (Å²) in [6.45, 7) is 2.41. The maximum atomic E-state index is 12.5. The van der Waals surface area contributed by atoms with Gasteiger partial charge in [-0.05, 0) is 23.6 Å². The first-order valence-electron chi connectivity index (χ1n) is 9.28. The molecule has 1 N–H and O–H groups in total. The number of esters is 1. The van der Waals surface area contributed by atoms with E-state index in [1.807, 2.05) is 78.9 Å². The van der Waals surface area contributed by atoms with Crippen LogP contribution in [0.1, 0.15) is 42.1 Å². The van der Waals surface area contributed by atoms with E-state index in [2.05, 4.69) is 24.4 Å². The molecule has 0 spiro atoms. The van der Waals surface area contributed by atoms with Gasteiger partial charge in [0.25, 0.3) is 0 Å². The highest BCUT2D eigenvalue weighted by Crippen LogP contribution is 2.23. The molecule has 0 bridgehead atoms. The lowest BCUT2D eigenvalue weighted by Crippen LogP contribution is -2.27. The van der Waals surface area contributed by atoms with E-state index in [9.17, 15) is 4.79 Å². The predicted molar refractivity (Wildman–Crippen MR) is 108 cm³/mol. The van der Waals surface area contributed by atoms with Crippen molar-refractivity contribution in [3.05, 3.63) is 108 Å². The smallest absolute Gasteiger partial charge is 0.308 e. The number of rotatable bonds is 8. The van der Waals surface area contributed by atoms with Gasteiger partial charge in [0, 0.05) is 12.1 Å². The highest BCUT2D eigenvalue weighted by Gasteiger charge is 2.19. The summed E-state index contributed by atoms with van der Waals surface area (Å²) in [7, 11) is 0. The molecule has 0 saturated heterocycles. The van der Waals surface area contributed by atoms with Crippen LogP contribution in [-0.2, 0) is 16.1 Å². The molecule has 0 amide bonds. The van der Waals surface area contributed by atoms with Gasteiger partial charge >= 0.3 is 5.97 Å². The van der Waals surface area contributed by atoms with Crippen molar-refractivity contribution in [1.82, 2.24) is 5.32 Å². The van der Waals surface area contributed by atoms with Crippen LogP contribution in [-0.4, -0.2) is 5.97 Å². The third-order valence-corrected chi connectivity index (χ3v) is 4.57. The largest absolute Gasteiger partial charge is 0.461 e. The predicted octanol–water partition coefficient (Wildman–Crippen LogP) is 5.21. The van der Waals surface area contributed by atoms with Crippen LogP contribution in [0.3, 0.4) is 0 Å². The second-order valence-electron chi connectivity index (χ2n) is 6.61. The standard InChI is InChI=1S/C24H25NO2/c1-19(21-13-7-3-8-14-21)25-23(22-15-9-4-10-16-22)17-24(26)27-18-20-11-5-2-6-12-20/h2-16,19,23,25H,17-18H2,1H3/t19-,23-/m1/s1. The van der Waals surface area contributed by atoms with E-state index >= 15 is 0 Å². The molecule has 0 unspecified atom stereocenters. The minimum Gasteiger partial charge on any atom is -0.461 e. The second kappa shape index (κ2) is 9.70. The summed E-state index contributed by atoms with van der Waals surface area (Å²) in [6.07, 6.45) is 0.286. The number of benzene rings is 3. The van der Waals surface area contributed by atoms with Crippen LogP contribution in [0.5, 0.6) is 0 Å². The number of hydrogen-bond acceptors (Lipinski definition) is 3. The van der Waals surface area contributed by atoms with E-state index in [1.54, 1.807) is 0 Å². The quantitative estimate of drug-likeness (QED) is 0.561. The maximum absolute atomic E-state index is 12.5. The summed E-state index contributed by atoms with van der Waals surface area (Å²) >= 11 is 0. The molecule has 0 aliphatic heterocycles. The molecule has 0 fully saturated rings. The highest BCUT2D eigenvalue weighted by molar-refractivity contribution is 5.70. The third kappa shape index (κ3) is 5.80. The van der Waals surface area contributed by atoms with Crippen LogP contribution in [0.2, 0.25) is 0 Å². The van der Waals surface area contributed by atoms with E-state index in [1.165, 1.54) is 5.56 Å². The molecule has 0 aromatic heterocycles. The summed E-state index contributed by atoms with van der Waals surface area (Å²) in [5, 5.41) is 3.58. The van der Waals surface area contributed by atoms with Crippen LogP contribution in [0.15, 0.2) is 91.0 Å². The average Bonchev–Trinajstić information content (AvgIpc) is 2.74. The van der Waals surface area contributed by atoms with Crippen LogP contribution >= 0.6 is 0 Å². The van der Waals surface area contributed by atoms with Gasteiger partial charge in [-0.1, -0.05) is 91.0 Å². The Balaban J connectivity index is 1.66.